The highest BCUT2D eigenvalue weighted by molar-refractivity contribution is 5.97. The van der Waals surface area contributed by atoms with Gasteiger partial charge in [-0.25, -0.2) is 4.98 Å². The number of nitrogens with one attached hydrogen (secondary N) is 1. The van der Waals surface area contributed by atoms with E-state index in [4.69, 9.17) is 9.26 Å². The molecule has 4 aromatic rings. The predicted octanol–water partition coefficient (Wildman–Crippen LogP) is 3.56. The van der Waals surface area contributed by atoms with E-state index in [0.717, 1.165) is 28.2 Å². The molecule has 2 heterocycles. The number of methoxy groups -OCH3 is 1. The molecule has 1 N–H and O–H groups in total. The number of hydrogen-bond donors (Lipinski definition) is 1. The molecule has 0 unspecified atom stereocenters. The van der Waals surface area contributed by atoms with E-state index in [1.165, 1.54) is 0 Å². The fraction of sp³-hybridized carbons (Fsp3) is 0.261. The van der Waals surface area contributed by atoms with Crippen LogP contribution in [0.4, 0.5) is 5.95 Å². The molecule has 0 saturated carbocycles. The van der Waals surface area contributed by atoms with Gasteiger partial charge in [0.1, 0.15) is 5.69 Å². The zero-order valence-corrected chi connectivity index (χ0v) is 17.8. The molecule has 160 valence electrons. The topological polar surface area (TPSA) is 85.4 Å². The molecule has 31 heavy (non-hydrogen) atoms. The largest absolute Gasteiger partial charge is 0.383 e. The summed E-state index contributed by atoms with van der Waals surface area (Å²) in [4.78, 5) is 19.2. The van der Waals surface area contributed by atoms with Gasteiger partial charge in [0.15, 0.2) is 5.76 Å². The average molecular weight is 419 g/mol. The third-order valence-electron chi connectivity index (χ3n) is 5.09. The number of aromatic nitrogens is 3. The fourth-order valence-corrected chi connectivity index (χ4v) is 3.41. The van der Waals surface area contributed by atoms with Crippen LogP contribution in [-0.2, 0) is 18.3 Å². The maximum atomic E-state index is 13.0. The Kier molecular flexibility index (Phi) is 5.99. The van der Waals surface area contributed by atoms with Crippen molar-refractivity contribution in [2.24, 2.45) is 7.05 Å². The Morgan fingerprint density at radius 2 is 2.00 bits per heavy atom. The monoisotopic (exact) mass is 419 g/mol. The van der Waals surface area contributed by atoms with Gasteiger partial charge in [-0.05, 0) is 18.2 Å². The van der Waals surface area contributed by atoms with E-state index in [0.29, 0.717) is 31.0 Å². The van der Waals surface area contributed by atoms with Crippen molar-refractivity contribution in [1.82, 2.24) is 19.6 Å². The molecule has 0 aliphatic carbocycles. The summed E-state index contributed by atoms with van der Waals surface area (Å²) in [5.74, 6) is 1.25. The lowest BCUT2D eigenvalue weighted by molar-refractivity contribution is 0.0772. The first-order chi connectivity index (χ1) is 15.1. The quantitative estimate of drug-likeness (QED) is 0.440. The number of rotatable bonds is 8. The third kappa shape index (κ3) is 4.44. The van der Waals surface area contributed by atoms with Gasteiger partial charge in [0, 0.05) is 44.9 Å². The lowest BCUT2D eigenvalue weighted by Gasteiger charge is -2.15. The summed E-state index contributed by atoms with van der Waals surface area (Å²) < 4.78 is 12.5. The van der Waals surface area contributed by atoms with Crippen LogP contribution in [0.25, 0.3) is 22.3 Å². The van der Waals surface area contributed by atoms with E-state index in [-0.39, 0.29) is 5.91 Å². The van der Waals surface area contributed by atoms with Gasteiger partial charge >= 0.3 is 0 Å². The van der Waals surface area contributed by atoms with Crippen LogP contribution in [-0.4, -0.2) is 52.8 Å². The summed E-state index contributed by atoms with van der Waals surface area (Å²) in [6.45, 7) is 1.57. The van der Waals surface area contributed by atoms with Gasteiger partial charge in [0.2, 0.25) is 5.95 Å². The number of amides is 1. The molecule has 0 fully saturated rings. The smallest absolute Gasteiger partial charge is 0.254 e. The molecule has 4 rings (SSSR count). The zero-order chi connectivity index (χ0) is 21.8. The molecule has 0 atom stereocenters. The number of nitrogens with zero attached hydrogens (tertiary/aromatic N) is 4. The minimum atomic E-state index is -0.112. The highest BCUT2D eigenvalue weighted by atomic mass is 16.5. The van der Waals surface area contributed by atoms with Gasteiger partial charge in [-0.1, -0.05) is 35.5 Å². The van der Waals surface area contributed by atoms with Crippen LogP contribution in [0.1, 0.15) is 16.1 Å². The van der Waals surface area contributed by atoms with Gasteiger partial charge in [-0.3, -0.25) is 4.79 Å². The number of anilines is 1. The Morgan fingerprint density at radius 3 is 2.77 bits per heavy atom. The van der Waals surface area contributed by atoms with E-state index in [1.54, 1.807) is 19.1 Å². The summed E-state index contributed by atoms with van der Waals surface area (Å²) in [5, 5.41) is 7.35. The van der Waals surface area contributed by atoms with E-state index in [1.807, 2.05) is 66.2 Å². The summed E-state index contributed by atoms with van der Waals surface area (Å²) >= 11 is 0. The Bertz CT molecular complexity index is 1180. The number of imidazole rings is 1. The summed E-state index contributed by atoms with van der Waals surface area (Å²) in [6.07, 6.45) is 0. The van der Waals surface area contributed by atoms with Crippen LogP contribution in [0.15, 0.2) is 59.1 Å². The first-order valence-corrected chi connectivity index (χ1v) is 10.0. The number of carbonyl (C=O) groups is 1. The Balaban J connectivity index is 1.47. The van der Waals surface area contributed by atoms with Gasteiger partial charge in [0.25, 0.3) is 5.91 Å². The van der Waals surface area contributed by atoms with Crippen molar-refractivity contribution in [3.63, 3.8) is 0 Å². The maximum Gasteiger partial charge on any atom is 0.254 e. The van der Waals surface area contributed by atoms with Crippen molar-refractivity contribution in [2.75, 3.05) is 32.6 Å². The van der Waals surface area contributed by atoms with Gasteiger partial charge in [-0.15, -0.1) is 0 Å². The standard InChI is InChI=1S/C23H25N5O3/c1-27(15-18-14-19(26-31-18)16-7-5-4-6-8-16)22(29)17-9-10-21-20(13-17)25-23(28(21)2)24-11-12-30-3/h4-10,13-14H,11-12,15H2,1-3H3,(H,24,25). The van der Waals surface area contributed by atoms with Crippen LogP contribution < -0.4 is 5.32 Å². The number of benzene rings is 2. The summed E-state index contributed by atoms with van der Waals surface area (Å²) in [7, 11) is 5.34. The number of fused-ring (bicyclic) bond motifs is 1. The first kappa shape index (κ1) is 20.6. The van der Waals surface area contributed by atoms with Crippen LogP contribution in [0, 0.1) is 0 Å². The van der Waals surface area contributed by atoms with Crippen molar-refractivity contribution in [1.29, 1.82) is 0 Å². The lowest BCUT2D eigenvalue weighted by atomic mass is 10.1. The predicted molar refractivity (Wildman–Crippen MR) is 119 cm³/mol. The van der Waals surface area contributed by atoms with Gasteiger partial charge in [0.05, 0.1) is 24.2 Å². The van der Waals surface area contributed by atoms with Crippen LogP contribution in [0.3, 0.4) is 0 Å². The molecule has 1 amide bonds. The molecule has 2 aromatic heterocycles. The Morgan fingerprint density at radius 1 is 1.19 bits per heavy atom. The average Bonchev–Trinajstić information content (AvgIpc) is 3.38. The SMILES string of the molecule is COCCNc1nc2cc(C(=O)N(C)Cc3cc(-c4ccccc4)no3)ccc2n1C. The van der Waals surface area contributed by atoms with Crippen LogP contribution in [0.5, 0.6) is 0 Å². The zero-order valence-electron chi connectivity index (χ0n) is 17.8. The Hall–Kier alpha value is -3.65. The van der Waals surface area contributed by atoms with Crippen molar-refractivity contribution in [3.8, 4) is 11.3 Å². The minimum Gasteiger partial charge on any atom is -0.383 e. The number of ether oxygens (including phenoxy) is 1. The molecule has 0 aliphatic rings. The van der Waals surface area contributed by atoms with E-state index in [9.17, 15) is 4.79 Å². The molecule has 0 aliphatic heterocycles. The molecule has 8 nitrogen and oxygen atoms in total. The third-order valence-corrected chi connectivity index (χ3v) is 5.09. The second-order valence-corrected chi connectivity index (χ2v) is 7.32. The number of hydrogen-bond acceptors (Lipinski definition) is 6. The molecular formula is C23H25N5O3. The molecule has 0 radical (unpaired) electrons. The van der Waals surface area contributed by atoms with Gasteiger partial charge < -0.3 is 24.0 Å². The maximum absolute atomic E-state index is 13.0. The number of aryl methyl sites for hydroxylation is 1. The van der Waals surface area contributed by atoms with Gasteiger partial charge in [-0.2, -0.15) is 0 Å². The van der Waals surface area contributed by atoms with E-state index in [2.05, 4.69) is 15.5 Å². The number of carbonyl (C=O) groups excluding carboxylic acids is 1. The van der Waals surface area contributed by atoms with Crippen molar-refractivity contribution >= 4 is 22.9 Å². The second kappa shape index (κ2) is 9.01. The molecule has 0 bridgehead atoms. The van der Waals surface area contributed by atoms with Crippen molar-refractivity contribution < 1.29 is 14.1 Å². The van der Waals surface area contributed by atoms with Crippen LogP contribution >= 0.6 is 0 Å². The molecule has 8 heteroatoms. The molecule has 2 aromatic carbocycles. The lowest BCUT2D eigenvalue weighted by Crippen LogP contribution is -2.25. The summed E-state index contributed by atoms with van der Waals surface area (Å²) in [5.41, 5.74) is 4.00. The fourth-order valence-electron chi connectivity index (χ4n) is 3.41. The van der Waals surface area contributed by atoms with Crippen molar-refractivity contribution in [2.45, 2.75) is 6.54 Å². The van der Waals surface area contributed by atoms with Crippen LogP contribution in [0.2, 0.25) is 0 Å². The summed E-state index contributed by atoms with van der Waals surface area (Å²) in [6, 6.07) is 17.2. The van der Waals surface area contributed by atoms with Crippen molar-refractivity contribution in [3.05, 3.63) is 65.9 Å². The molecule has 0 saturated heterocycles. The minimum absolute atomic E-state index is 0.112. The van der Waals surface area contributed by atoms with E-state index >= 15 is 0 Å². The first-order valence-electron chi connectivity index (χ1n) is 10.0. The highest BCUT2D eigenvalue weighted by Crippen LogP contribution is 2.22. The second-order valence-electron chi connectivity index (χ2n) is 7.32. The Labute approximate surface area is 180 Å². The van der Waals surface area contributed by atoms with E-state index < -0.39 is 0 Å². The molecule has 0 spiro atoms. The highest BCUT2D eigenvalue weighted by Gasteiger charge is 2.17. The normalized spacial score (nSPS) is 11.1. The molecular weight excluding hydrogens is 394 g/mol.